The van der Waals surface area contributed by atoms with Gasteiger partial charge >= 0.3 is 0 Å². The van der Waals surface area contributed by atoms with Gasteiger partial charge in [0, 0.05) is 41.8 Å². The van der Waals surface area contributed by atoms with Gasteiger partial charge in [0.15, 0.2) is 11.5 Å². The summed E-state index contributed by atoms with van der Waals surface area (Å²) in [5, 5.41) is 23.7. The number of phenolic OH excluding ortho intramolecular Hbond substituents is 1. The van der Waals surface area contributed by atoms with Gasteiger partial charge in [-0.1, -0.05) is 30.9 Å². The molecule has 0 radical (unpaired) electrons. The quantitative estimate of drug-likeness (QED) is 0.755. The average molecular weight is 314 g/mol. The first kappa shape index (κ1) is 16.4. The number of aliphatic hydroxyl groups excluding tert-OH is 1. The lowest BCUT2D eigenvalue weighted by Gasteiger charge is -2.35. The van der Waals surface area contributed by atoms with Gasteiger partial charge < -0.3 is 20.3 Å². The van der Waals surface area contributed by atoms with Crippen molar-refractivity contribution in [2.24, 2.45) is 5.41 Å². The van der Waals surface area contributed by atoms with E-state index < -0.39 is 0 Å². The summed E-state index contributed by atoms with van der Waals surface area (Å²) in [7, 11) is 1.51. The van der Waals surface area contributed by atoms with E-state index in [2.05, 4.69) is 5.32 Å². The molecule has 0 bridgehead atoms. The van der Waals surface area contributed by atoms with Crippen molar-refractivity contribution in [3.8, 4) is 11.5 Å². The van der Waals surface area contributed by atoms with E-state index in [0.29, 0.717) is 22.9 Å². The number of hydrogen-bond acceptors (Lipinski definition) is 4. The minimum absolute atomic E-state index is 0.0173. The van der Waals surface area contributed by atoms with Crippen molar-refractivity contribution in [1.29, 1.82) is 0 Å². The molecule has 5 heteroatoms. The second kappa shape index (κ2) is 7.34. The van der Waals surface area contributed by atoms with Crippen molar-refractivity contribution in [2.45, 2.75) is 38.6 Å². The molecule has 0 saturated heterocycles. The van der Waals surface area contributed by atoms with Crippen LogP contribution in [0, 0.1) is 5.41 Å². The minimum atomic E-state index is -0.0173. The maximum absolute atomic E-state index is 10.1. The van der Waals surface area contributed by atoms with Crippen molar-refractivity contribution in [2.75, 3.05) is 20.3 Å². The van der Waals surface area contributed by atoms with Crippen LogP contribution in [0.3, 0.4) is 0 Å². The van der Waals surface area contributed by atoms with E-state index in [4.69, 9.17) is 16.3 Å². The molecule has 2 rings (SSSR count). The van der Waals surface area contributed by atoms with Gasteiger partial charge in [-0.15, -0.1) is 0 Å². The highest BCUT2D eigenvalue weighted by Crippen LogP contribution is 2.36. The van der Waals surface area contributed by atoms with Crippen molar-refractivity contribution in [1.82, 2.24) is 5.32 Å². The number of hydrogen-bond donors (Lipinski definition) is 3. The van der Waals surface area contributed by atoms with Crippen molar-refractivity contribution < 1.29 is 14.9 Å². The lowest BCUT2D eigenvalue weighted by atomic mass is 9.74. The third-order valence-corrected chi connectivity index (χ3v) is 4.62. The maximum Gasteiger partial charge on any atom is 0.162 e. The van der Waals surface area contributed by atoms with Gasteiger partial charge in [-0.05, 0) is 18.9 Å². The van der Waals surface area contributed by atoms with E-state index in [1.807, 2.05) is 0 Å². The molecule has 0 spiro atoms. The third-order valence-electron chi connectivity index (χ3n) is 4.40. The zero-order chi connectivity index (χ0) is 15.3. The second-order valence-electron chi connectivity index (χ2n) is 5.94. The predicted molar refractivity (Wildman–Crippen MR) is 84.0 cm³/mol. The smallest absolute Gasteiger partial charge is 0.162 e. The molecular formula is C16H24ClNO3. The molecule has 0 unspecified atom stereocenters. The number of halogens is 1. The summed E-state index contributed by atoms with van der Waals surface area (Å²) in [5.74, 6) is 0.505. The Bertz CT molecular complexity index is 473. The summed E-state index contributed by atoms with van der Waals surface area (Å²) < 4.78 is 5.10. The normalized spacial score (nSPS) is 17.7. The zero-order valence-corrected chi connectivity index (χ0v) is 13.2. The highest BCUT2D eigenvalue weighted by Gasteiger charge is 2.30. The van der Waals surface area contributed by atoms with Crippen LogP contribution in [0.1, 0.15) is 37.7 Å². The largest absolute Gasteiger partial charge is 0.504 e. The number of aromatic hydroxyl groups is 1. The van der Waals surface area contributed by atoms with Gasteiger partial charge in [-0.3, -0.25) is 0 Å². The van der Waals surface area contributed by atoms with Crippen molar-refractivity contribution in [3.63, 3.8) is 0 Å². The number of methoxy groups -OCH3 is 1. The summed E-state index contributed by atoms with van der Waals surface area (Å²) >= 11 is 6.02. The Morgan fingerprint density at radius 3 is 2.62 bits per heavy atom. The Morgan fingerprint density at radius 2 is 2.00 bits per heavy atom. The van der Waals surface area contributed by atoms with E-state index in [0.717, 1.165) is 19.4 Å². The second-order valence-corrected chi connectivity index (χ2v) is 6.37. The van der Waals surface area contributed by atoms with E-state index in [1.165, 1.54) is 26.4 Å². The SMILES string of the molecule is COc1cc(Cl)cc(CNCC2(CO)CCCCC2)c1O. The molecule has 1 aliphatic rings. The summed E-state index contributed by atoms with van der Waals surface area (Å²) in [6.07, 6.45) is 5.73. The molecule has 0 atom stereocenters. The van der Waals surface area contributed by atoms with E-state index in [1.54, 1.807) is 12.1 Å². The molecular weight excluding hydrogens is 290 g/mol. The first-order chi connectivity index (χ1) is 10.1. The molecule has 3 N–H and O–H groups in total. The Kier molecular flexibility index (Phi) is 5.73. The molecule has 1 fully saturated rings. The fourth-order valence-electron chi connectivity index (χ4n) is 3.07. The molecule has 1 saturated carbocycles. The Morgan fingerprint density at radius 1 is 1.29 bits per heavy atom. The third kappa shape index (κ3) is 4.02. The van der Waals surface area contributed by atoms with Crippen LogP contribution in [-0.2, 0) is 6.54 Å². The molecule has 0 aliphatic heterocycles. The Labute approximate surface area is 131 Å². The maximum atomic E-state index is 10.1. The summed E-state index contributed by atoms with van der Waals surface area (Å²) in [4.78, 5) is 0. The number of rotatable bonds is 6. The molecule has 0 amide bonds. The van der Waals surface area contributed by atoms with E-state index >= 15 is 0 Å². The van der Waals surface area contributed by atoms with Crippen LogP contribution in [0.5, 0.6) is 11.5 Å². The number of nitrogens with one attached hydrogen (secondary N) is 1. The lowest BCUT2D eigenvalue weighted by Crippen LogP contribution is -2.38. The lowest BCUT2D eigenvalue weighted by molar-refractivity contribution is 0.0810. The van der Waals surface area contributed by atoms with Gasteiger partial charge in [0.1, 0.15) is 0 Å². The summed E-state index contributed by atoms with van der Waals surface area (Å²) in [6.45, 7) is 1.47. The van der Waals surface area contributed by atoms with Crippen LogP contribution in [0.4, 0.5) is 0 Å². The van der Waals surface area contributed by atoms with Gasteiger partial charge in [-0.2, -0.15) is 0 Å². The molecule has 0 aromatic heterocycles. The summed E-state index contributed by atoms with van der Waals surface area (Å²) in [6, 6.07) is 3.33. The fraction of sp³-hybridized carbons (Fsp3) is 0.625. The van der Waals surface area contributed by atoms with Crippen LogP contribution in [0.25, 0.3) is 0 Å². The van der Waals surface area contributed by atoms with Crippen LogP contribution < -0.4 is 10.1 Å². The highest BCUT2D eigenvalue weighted by molar-refractivity contribution is 6.30. The van der Waals surface area contributed by atoms with Gasteiger partial charge in [0.05, 0.1) is 7.11 Å². The first-order valence-corrected chi connectivity index (χ1v) is 7.85. The molecule has 21 heavy (non-hydrogen) atoms. The van der Waals surface area contributed by atoms with Gasteiger partial charge in [0.25, 0.3) is 0 Å². The topological polar surface area (TPSA) is 61.7 Å². The van der Waals surface area contributed by atoms with Crippen LogP contribution >= 0.6 is 11.6 Å². The van der Waals surface area contributed by atoms with Crippen LogP contribution in [-0.4, -0.2) is 30.5 Å². The van der Waals surface area contributed by atoms with Crippen molar-refractivity contribution in [3.05, 3.63) is 22.7 Å². The molecule has 1 aromatic rings. The average Bonchev–Trinajstić information content (AvgIpc) is 2.51. The number of ether oxygens (including phenoxy) is 1. The van der Waals surface area contributed by atoms with Crippen LogP contribution in [0.15, 0.2) is 12.1 Å². The summed E-state index contributed by atoms with van der Waals surface area (Å²) in [5.41, 5.74) is 0.694. The molecule has 1 aliphatic carbocycles. The Hall–Kier alpha value is -0.970. The standard InChI is InChI=1S/C16H24ClNO3/c1-21-14-8-13(17)7-12(15(14)20)9-18-10-16(11-19)5-3-2-4-6-16/h7-8,18-20H,2-6,9-11H2,1H3. The van der Waals surface area contributed by atoms with E-state index in [9.17, 15) is 10.2 Å². The molecule has 4 nitrogen and oxygen atoms in total. The molecule has 0 heterocycles. The molecule has 1 aromatic carbocycles. The Balaban J connectivity index is 1.98. The monoisotopic (exact) mass is 313 g/mol. The first-order valence-electron chi connectivity index (χ1n) is 7.47. The highest BCUT2D eigenvalue weighted by atomic mass is 35.5. The molecule has 118 valence electrons. The van der Waals surface area contributed by atoms with Gasteiger partial charge in [-0.25, -0.2) is 0 Å². The van der Waals surface area contributed by atoms with E-state index in [-0.39, 0.29) is 17.8 Å². The fourth-order valence-corrected chi connectivity index (χ4v) is 3.30. The van der Waals surface area contributed by atoms with Gasteiger partial charge in [0.2, 0.25) is 0 Å². The number of aliphatic hydroxyl groups is 1. The zero-order valence-electron chi connectivity index (χ0n) is 12.5. The van der Waals surface area contributed by atoms with Crippen molar-refractivity contribution >= 4 is 11.6 Å². The van der Waals surface area contributed by atoms with Crippen LogP contribution in [0.2, 0.25) is 5.02 Å². The number of benzene rings is 1. The number of phenols is 1. The minimum Gasteiger partial charge on any atom is -0.504 e. The predicted octanol–water partition coefficient (Wildman–Crippen LogP) is 3.09.